The van der Waals surface area contributed by atoms with Gasteiger partial charge < -0.3 is 10.0 Å². The number of likely N-dealkylation sites (tertiary alicyclic amines) is 1. The highest BCUT2D eigenvalue weighted by Gasteiger charge is 2.25. The molecule has 0 spiro atoms. The van der Waals surface area contributed by atoms with Crippen LogP contribution in [-0.2, 0) is 4.79 Å². The van der Waals surface area contributed by atoms with E-state index >= 15 is 0 Å². The van der Waals surface area contributed by atoms with Gasteiger partial charge in [0.1, 0.15) is 0 Å². The molecule has 0 radical (unpaired) electrons. The number of hydrogen-bond donors (Lipinski definition) is 1. The SMILES string of the molecule is CC(CCC(=O)N1CCC(n2cc(C(=O)O)cn2)CC1)c1ccccc1. The summed E-state index contributed by atoms with van der Waals surface area (Å²) in [6.45, 7) is 3.56. The van der Waals surface area contributed by atoms with E-state index in [0.29, 0.717) is 25.4 Å². The van der Waals surface area contributed by atoms with Gasteiger partial charge in [-0.1, -0.05) is 37.3 Å². The van der Waals surface area contributed by atoms with Gasteiger partial charge in [-0.15, -0.1) is 0 Å². The summed E-state index contributed by atoms with van der Waals surface area (Å²) in [6, 6.07) is 10.4. The summed E-state index contributed by atoms with van der Waals surface area (Å²) >= 11 is 0. The van der Waals surface area contributed by atoms with Gasteiger partial charge in [0.15, 0.2) is 0 Å². The minimum Gasteiger partial charge on any atom is -0.478 e. The van der Waals surface area contributed by atoms with Crippen LogP contribution in [-0.4, -0.2) is 44.8 Å². The van der Waals surface area contributed by atoms with E-state index in [1.54, 1.807) is 10.9 Å². The zero-order valence-electron chi connectivity index (χ0n) is 15.0. The zero-order valence-corrected chi connectivity index (χ0v) is 15.0. The van der Waals surface area contributed by atoms with Crippen molar-refractivity contribution in [3.05, 3.63) is 53.9 Å². The molecule has 1 atom stereocenters. The highest BCUT2D eigenvalue weighted by molar-refractivity contribution is 5.86. The molecule has 6 heteroatoms. The van der Waals surface area contributed by atoms with Gasteiger partial charge in [0.05, 0.1) is 17.8 Å². The van der Waals surface area contributed by atoms with E-state index in [0.717, 1.165) is 19.3 Å². The molecule has 26 heavy (non-hydrogen) atoms. The molecule has 2 aromatic rings. The second kappa shape index (κ2) is 8.17. The summed E-state index contributed by atoms with van der Waals surface area (Å²) in [5.41, 5.74) is 1.48. The average Bonchev–Trinajstić information content (AvgIpc) is 3.17. The predicted octanol–water partition coefficient (Wildman–Crippen LogP) is 3.33. The third kappa shape index (κ3) is 4.31. The molecule has 1 amide bonds. The van der Waals surface area contributed by atoms with E-state index in [2.05, 4.69) is 24.2 Å². The Balaban J connectivity index is 1.46. The maximum Gasteiger partial charge on any atom is 0.338 e. The number of nitrogens with zero attached hydrogens (tertiary/aromatic N) is 3. The maximum absolute atomic E-state index is 12.5. The molecule has 1 aromatic carbocycles. The fraction of sp³-hybridized carbons (Fsp3) is 0.450. The first-order valence-corrected chi connectivity index (χ1v) is 9.14. The molecule has 1 fully saturated rings. The molecule has 1 aliphatic heterocycles. The van der Waals surface area contributed by atoms with Crippen molar-refractivity contribution < 1.29 is 14.7 Å². The van der Waals surface area contributed by atoms with Gasteiger partial charge in [-0.05, 0) is 30.7 Å². The first-order chi connectivity index (χ1) is 12.5. The van der Waals surface area contributed by atoms with Crippen LogP contribution in [0.3, 0.4) is 0 Å². The molecule has 1 saturated heterocycles. The summed E-state index contributed by atoms with van der Waals surface area (Å²) in [5, 5.41) is 13.1. The second-order valence-electron chi connectivity index (χ2n) is 6.98. The molecule has 6 nitrogen and oxygen atoms in total. The van der Waals surface area contributed by atoms with Gasteiger partial charge >= 0.3 is 5.97 Å². The summed E-state index contributed by atoms with van der Waals surface area (Å²) in [5.74, 6) is -0.384. The number of piperidine rings is 1. The standard InChI is InChI=1S/C20H25N3O3/c1-15(16-5-3-2-4-6-16)7-8-19(24)22-11-9-18(10-12-22)23-14-17(13-21-23)20(25)26/h2-6,13-15,18H,7-12H2,1H3,(H,25,26). The van der Waals surface area contributed by atoms with Crippen molar-refractivity contribution in [3.63, 3.8) is 0 Å². The van der Waals surface area contributed by atoms with Crippen LogP contribution in [0.5, 0.6) is 0 Å². The van der Waals surface area contributed by atoms with Crippen LogP contribution in [0.4, 0.5) is 0 Å². The lowest BCUT2D eigenvalue weighted by Gasteiger charge is -2.32. The number of carboxylic acids is 1. The van der Waals surface area contributed by atoms with Crippen molar-refractivity contribution >= 4 is 11.9 Å². The molecule has 0 aliphatic carbocycles. The number of aromatic carboxylic acids is 1. The molecule has 0 bridgehead atoms. The molecule has 1 aliphatic rings. The lowest BCUT2D eigenvalue weighted by Crippen LogP contribution is -2.39. The number of rotatable bonds is 6. The number of carbonyl (C=O) groups excluding carboxylic acids is 1. The smallest absolute Gasteiger partial charge is 0.338 e. The summed E-state index contributed by atoms with van der Waals surface area (Å²) in [7, 11) is 0. The third-order valence-corrected chi connectivity index (χ3v) is 5.20. The van der Waals surface area contributed by atoms with Gasteiger partial charge in [-0.2, -0.15) is 5.10 Å². The topological polar surface area (TPSA) is 75.4 Å². The maximum atomic E-state index is 12.5. The highest BCUT2D eigenvalue weighted by atomic mass is 16.4. The van der Waals surface area contributed by atoms with Crippen molar-refractivity contribution in [1.82, 2.24) is 14.7 Å². The van der Waals surface area contributed by atoms with Gasteiger partial charge in [0.25, 0.3) is 0 Å². The lowest BCUT2D eigenvalue weighted by molar-refractivity contribution is -0.132. The molecule has 3 rings (SSSR count). The molecule has 1 unspecified atom stereocenters. The number of benzene rings is 1. The van der Waals surface area contributed by atoms with Crippen molar-refractivity contribution in [2.45, 2.75) is 44.6 Å². The van der Waals surface area contributed by atoms with Crippen LogP contribution in [0.25, 0.3) is 0 Å². The fourth-order valence-corrected chi connectivity index (χ4v) is 3.47. The predicted molar refractivity (Wildman–Crippen MR) is 98.1 cm³/mol. The van der Waals surface area contributed by atoms with E-state index in [4.69, 9.17) is 5.11 Å². The lowest BCUT2D eigenvalue weighted by atomic mass is 9.95. The Morgan fingerprint density at radius 1 is 1.23 bits per heavy atom. The van der Waals surface area contributed by atoms with E-state index in [9.17, 15) is 9.59 Å². The zero-order chi connectivity index (χ0) is 18.5. The van der Waals surface area contributed by atoms with Crippen molar-refractivity contribution in [3.8, 4) is 0 Å². The number of carboxylic acid groups (broad SMARTS) is 1. The van der Waals surface area contributed by atoms with Gasteiger partial charge in [-0.25, -0.2) is 4.79 Å². The Labute approximate surface area is 153 Å². The summed E-state index contributed by atoms with van der Waals surface area (Å²) in [6.07, 6.45) is 5.98. The first-order valence-electron chi connectivity index (χ1n) is 9.14. The van der Waals surface area contributed by atoms with Crippen molar-refractivity contribution in [1.29, 1.82) is 0 Å². The Morgan fingerprint density at radius 2 is 1.92 bits per heavy atom. The Morgan fingerprint density at radius 3 is 2.54 bits per heavy atom. The van der Waals surface area contributed by atoms with Gasteiger partial charge in [0.2, 0.25) is 5.91 Å². The number of aromatic nitrogens is 2. The van der Waals surface area contributed by atoms with Crippen LogP contribution < -0.4 is 0 Å². The van der Waals surface area contributed by atoms with E-state index < -0.39 is 5.97 Å². The van der Waals surface area contributed by atoms with E-state index in [1.165, 1.54) is 11.8 Å². The molecular formula is C20H25N3O3. The van der Waals surface area contributed by atoms with Gasteiger partial charge in [-0.3, -0.25) is 9.48 Å². The van der Waals surface area contributed by atoms with Crippen LogP contribution in [0, 0.1) is 0 Å². The molecule has 2 heterocycles. The summed E-state index contributed by atoms with van der Waals surface area (Å²) < 4.78 is 1.72. The minimum absolute atomic E-state index is 0.162. The fourth-order valence-electron chi connectivity index (χ4n) is 3.47. The number of carbonyl (C=O) groups is 2. The molecule has 0 saturated carbocycles. The monoisotopic (exact) mass is 355 g/mol. The average molecular weight is 355 g/mol. The van der Waals surface area contributed by atoms with Crippen LogP contribution in [0.1, 0.15) is 60.5 Å². The number of hydrogen-bond acceptors (Lipinski definition) is 3. The summed E-state index contributed by atoms with van der Waals surface area (Å²) in [4.78, 5) is 25.4. The Kier molecular flexibility index (Phi) is 5.71. The van der Waals surface area contributed by atoms with E-state index in [1.807, 2.05) is 23.1 Å². The minimum atomic E-state index is -0.962. The Bertz CT molecular complexity index is 749. The molecule has 1 N–H and O–H groups in total. The van der Waals surface area contributed by atoms with Gasteiger partial charge in [0, 0.05) is 25.7 Å². The first kappa shape index (κ1) is 18.2. The van der Waals surface area contributed by atoms with Crippen molar-refractivity contribution in [2.75, 3.05) is 13.1 Å². The highest BCUT2D eigenvalue weighted by Crippen LogP contribution is 2.25. The largest absolute Gasteiger partial charge is 0.478 e. The van der Waals surface area contributed by atoms with Crippen molar-refractivity contribution in [2.24, 2.45) is 0 Å². The quantitative estimate of drug-likeness (QED) is 0.862. The Hall–Kier alpha value is -2.63. The van der Waals surface area contributed by atoms with Crippen LogP contribution in [0.2, 0.25) is 0 Å². The second-order valence-corrected chi connectivity index (χ2v) is 6.98. The van der Waals surface area contributed by atoms with E-state index in [-0.39, 0.29) is 17.5 Å². The molecule has 138 valence electrons. The normalized spacial score (nSPS) is 16.4. The molecule has 1 aromatic heterocycles. The van der Waals surface area contributed by atoms with Crippen LogP contribution >= 0.6 is 0 Å². The third-order valence-electron chi connectivity index (χ3n) is 5.20. The number of amides is 1. The molecular weight excluding hydrogens is 330 g/mol. The van der Waals surface area contributed by atoms with Crippen LogP contribution in [0.15, 0.2) is 42.7 Å².